The fraction of sp³-hybridized carbons (Fsp3) is 0.143. The van der Waals surface area contributed by atoms with Crippen LogP contribution in [0.3, 0.4) is 0 Å². The molecule has 0 bridgehead atoms. The number of halogens is 1. The van der Waals surface area contributed by atoms with Crippen molar-refractivity contribution >= 4 is 28.5 Å². The second kappa shape index (κ2) is 3.66. The summed E-state index contributed by atoms with van der Waals surface area (Å²) in [4.78, 5) is 15.0. The van der Waals surface area contributed by atoms with E-state index < -0.39 is 0 Å². The number of amides is 1. The van der Waals surface area contributed by atoms with Gasteiger partial charge in [-0.25, -0.2) is 4.98 Å². The summed E-state index contributed by atoms with van der Waals surface area (Å²) in [6.45, 7) is 0. The van der Waals surface area contributed by atoms with Gasteiger partial charge in [-0.05, 0) is 34.7 Å². The average molecular weight is 262 g/mol. The molecule has 11 heavy (non-hydrogen) atoms. The number of hydrogen-bond acceptors (Lipinski definition) is 2. The standard InChI is InChI=1S/C7H7IN2O/c1-9-7(11)6-5(8)3-2-4-10-6/h2-4H,1H3,(H,9,11). The molecule has 0 radical (unpaired) electrons. The van der Waals surface area contributed by atoms with E-state index in [0.29, 0.717) is 5.69 Å². The van der Waals surface area contributed by atoms with E-state index in [9.17, 15) is 4.79 Å². The quantitative estimate of drug-likeness (QED) is 0.768. The molecule has 0 atom stereocenters. The van der Waals surface area contributed by atoms with E-state index in [4.69, 9.17) is 0 Å². The van der Waals surface area contributed by atoms with Crippen molar-refractivity contribution < 1.29 is 4.79 Å². The van der Waals surface area contributed by atoms with E-state index in [0.717, 1.165) is 3.57 Å². The summed E-state index contributed by atoms with van der Waals surface area (Å²) >= 11 is 2.08. The smallest absolute Gasteiger partial charge is 0.270 e. The largest absolute Gasteiger partial charge is 0.354 e. The van der Waals surface area contributed by atoms with Gasteiger partial charge in [0.15, 0.2) is 0 Å². The van der Waals surface area contributed by atoms with Gasteiger partial charge in [0.2, 0.25) is 0 Å². The van der Waals surface area contributed by atoms with Gasteiger partial charge < -0.3 is 5.32 Å². The SMILES string of the molecule is CNC(=O)c1ncccc1I. The first-order valence-corrected chi connectivity index (χ1v) is 4.16. The molecule has 0 saturated heterocycles. The highest BCUT2D eigenvalue weighted by Gasteiger charge is 2.07. The van der Waals surface area contributed by atoms with Gasteiger partial charge in [-0.3, -0.25) is 4.79 Å². The molecule has 1 N–H and O–H groups in total. The van der Waals surface area contributed by atoms with Crippen molar-refractivity contribution in [3.8, 4) is 0 Å². The van der Waals surface area contributed by atoms with Crippen LogP contribution in [0.5, 0.6) is 0 Å². The van der Waals surface area contributed by atoms with Gasteiger partial charge in [0.25, 0.3) is 5.91 Å². The summed E-state index contributed by atoms with van der Waals surface area (Å²) in [5, 5.41) is 2.52. The van der Waals surface area contributed by atoms with Crippen LogP contribution >= 0.6 is 22.6 Å². The molecule has 0 aliphatic carbocycles. The van der Waals surface area contributed by atoms with E-state index in [1.165, 1.54) is 0 Å². The molecule has 0 saturated carbocycles. The van der Waals surface area contributed by atoms with Gasteiger partial charge in [-0.1, -0.05) is 0 Å². The highest BCUT2D eigenvalue weighted by molar-refractivity contribution is 14.1. The van der Waals surface area contributed by atoms with Crippen LogP contribution in [-0.4, -0.2) is 17.9 Å². The van der Waals surface area contributed by atoms with Crippen LogP contribution in [0.25, 0.3) is 0 Å². The maximum atomic E-state index is 11.1. The summed E-state index contributed by atoms with van der Waals surface area (Å²) in [5.74, 6) is -0.144. The fourth-order valence-electron chi connectivity index (χ4n) is 0.671. The lowest BCUT2D eigenvalue weighted by molar-refractivity contribution is 0.0957. The Morgan fingerprint density at radius 1 is 1.73 bits per heavy atom. The van der Waals surface area contributed by atoms with E-state index in [2.05, 4.69) is 32.9 Å². The lowest BCUT2D eigenvalue weighted by Crippen LogP contribution is -2.20. The summed E-state index contributed by atoms with van der Waals surface area (Å²) in [6, 6.07) is 3.65. The molecule has 0 spiro atoms. The van der Waals surface area contributed by atoms with Crippen LogP contribution in [0.4, 0.5) is 0 Å². The zero-order valence-electron chi connectivity index (χ0n) is 5.97. The summed E-state index contributed by atoms with van der Waals surface area (Å²) in [5.41, 5.74) is 0.482. The average Bonchev–Trinajstić information content (AvgIpc) is 2.04. The number of rotatable bonds is 1. The lowest BCUT2D eigenvalue weighted by Gasteiger charge is -1.99. The summed E-state index contributed by atoms with van der Waals surface area (Å²) < 4.78 is 0.865. The normalized spacial score (nSPS) is 9.27. The minimum Gasteiger partial charge on any atom is -0.354 e. The number of carbonyl (C=O) groups is 1. The zero-order chi connectivity index (χ0) is 8.27. The zero-order valence-corrected chi connectivity index (χ0v) is 8.12. The number of carbonyl (C=O) groups excluding carboxylic acids is 1. The van der Waals surface area contributed by atoms with Crippen LogP contribution < -0.4 is 5.32 Å². The molecule has 1 heterocycles. The molecule has 1 aromatic rings. The van der Waals surface area contributed by atoms with E-state index in [1.807, 2.05) is 6.07 Å². The Morgan fingerprint density at radius 2 is 2.45 bits per heavy atom. The first-order valence-electron chi connectivity index (χ1n) is 3.08. The molecule has 0 aromatic carbocycles. The molecule has 4 heteroatoms. The summed E-state index contributed by atoms with van der Waals surface area (Å²) in [6.07, 6.45) is 1.60. The molecular weight excluding hydrogens is 255 g/mol. The molecule has 58 valence electrons. The van der Waals surface area contributed by atoms with Crippen molar-refractivity contribution in [2.24, 2.45) is 0 Å². The third-order valence-corrected chi connectivity index (χ3v) is 2.07. The van der Waals surface area contributed by atoms with Gasteiger partial charge in [-0.2, -0.15) is 0 Å². The Labute approximate surface area is 78.4 Å². The molecule has 0 unspecified atom stereocenters. The predicted molar refractivity (Wildman–Crippen MR) is 50.3 cm³/mol. The molecule has 0 aliphatic heterocycles. The van der Waals surface area contributed by atoms with Crippen LogP contribution in [0.2, 0.25) is 0 Å². The molecule has 1 amide bonds. The number of hydrogen-bond donors (Lipinski definition) is 1. The summed E-state index contributed by atoms with van der Waals surface area (Å²) in [7, 11) is 1.59. The second-order valence-corrected chi connectivity index (χ2v) is 3.08. The maximum absolute atomic E-state index is 11.1. The Bertz CT molecular complexity index is 275. The van der Waals surface area contributed by atoms with Crippen LogP contribution in [0.15, 0.2) is 18.3 Å². The molecule has 3 nitrogen and oxygen atoms in total. The maximum Gasteiger partial charge on any atom is 0.270 e. The van der Waals surface area contributed by atoms with E-state index in [-0.39, 0.29) is 5.91 Å². The Balaban J connectivity index is 3.03. The van der Waals surface area contributed by atoms with Gasteiger partial charge in [0.1, 0.15) is 5.69 Å². The lowest BCUT2D eigenvalue weighted by atomic mass is 10.3. The minimum absolute atomic E-state index is 0.144. The molecule has 1 aromatic heterocycles. The number of nitrogens with zero attached hydrogens (tertiary/aromatic N) is 1. The van der Waals surface area contributed by atoms with Crippen molar-refractivity contribution in [3.05, 3.63) is 27.6 Å². The molecule has 0 aliphatic rings. The highest BCUT2D eigenvalue weighted by atomic mass is 127. The third-order valence-electron chi connectivity index (χ3n) is 1.20. The van der Waals surface area contributed by atoms with Gasteiger partial charge >= 0.3 is 0 Å². The fourth-order valence-corrected chi connectivity index (χ4v) is 1.26. The molecular formula is C7H7IN2O. The minimum atomic E-state index is -0.144. The first-order chi connectivity index (χ1) is 5.25. The second-order valence-electron chi connectivity index (χ2n) is 1.91. The Hall–Kier alpha value is -0.650. The van der Waals surface area contributed by atoms with E-state index >= 15 is 0 Å². The van der Waals surface area contributed by atoms with Crippen LogP contribution in [-0.2, 0) is 0 Å². The predicted octanol–water partition coefficient (Wildman–Crippen LogP) is 1.05. The number of nitrogens with one attached hydrogen (secondary N) is 1. The van der Waals surface area contributed by atoms with Crippen LogP contribution in [0, 0.1) is 3.57 Å². The van der Waals surface area contributed by atoms with Crippen molar-refractivity contribution in [2.75, 3.05) is 7.05 Å². The monoisotopic (exact) mass is 262 g/mol. The van der Waals surface area contributed by atoms with Crippen molar-refractivity contribution in [2.45, 2.75) is 0 Å². The third kappa shape index (κ3) is 1.89. The molecule has 0 fully saturated rings. The van der Waals surface area contributed by atoms with Gasteiger partial charge in [0, 0.05) is 16.8 Å². The number of aromatic nitrogens is 1. The van der Waals surface area contributed by atoms with Crippen molar-refractivity contribution in [1.29, 1.82) is 0 Å². The van der Waals surface area contributed by atoms with Gasteiger partial charge in [0.05, 0.1) is 0 Å². The topological polar surface area (TPSA) is 42.0 Å². The molecule has 1 rings (SSSR count). The van der Waals surface area contributed by atoms with Crippen molar-refractivity contribution in [3.63, 3.8) is 0 Å². The van der Waals surface area contributed by atoms with Crippen LogP contribution in [0.1, 0.15) is 10.5 Å². The van der Waals surface area contributed by atoms with Gasteiger partial charge in [-0.15, -0.1) is 0 Å². The van der Waals surface area contributed by atoms with E-state index in [1.54, 1.807) is 19.3 Å². The Morgan fingerprint density at radius 3 is 3.00 bits per heavy atom. The van der Waals surface area contributed by atoms with Crippen molar-refractivity contribution in [1.82, 2.24) is 10.3 Å². The Kier molecular flexibility index (Phi) is 2.81. The highest BCUT2D eigenvalue weighted by Crippen LogP contribution is 2.07. The number of pyridine rings is 1. The first kappa shape index (κ1) is 8.45.